The van der Waals surface area contributed by atoms with E-state index in [0.29, 0.717) is 41.4 Å². The van der Waals surface area contributed by atoms with Gasteiger partial charge in [0.05, 0.1) is 31.5 Å². The molecular weight excluding hydrogens is 410 g/mol. The van der Waals surface area contributed by atoms with Gasteiger partial charge in [0.15, 0.2) is 0 Å². The van der Waals surface area contributed by atoms with Gasteiger partial charge in [-0.25, -0.2) is 4.79 Å². The first-order chi connectivity index (χ1) is 15.5. The predicted octanol–water partition coefficient (Wildman–Crippen LogP) is 3.83. The Morgan fingerprint density at radius 1 is 0.906 bits per heavy atom. The summed E-state index contributed by atoms with van der Waals surface area (Å²) in [6.07, 6.45) is 2.32. The van der Waals surface area contributed by atoms with Crippen LogP contribution >= 0.6 is 0 Å². The maximum Gasteiger partial charge on any atom is 0.338 e. The first-order valence-corrected chi connectivity index (χ1v) is 10.3. The van der Waals surface area contributed by atoms with Crippen molar-refractivity contribution < 1.29 is 23.5 Å². The molecule has 1 heterocycles. The fraction of sp³-hybridized carbons (Fsp3) is 0.208. The Balaban J connectivity index is 1.43. The number of nitrogens with one attached hydrogen (secondary N) is 3. The number of furan rings is 1. The minimum atomic E-state index is -0.366. The largest absolute Gasteiger partial charge is 0.467 e. The lowest BCUT2D eigenvalue weighted by Crippen LogP contribution is -2.23. The van der Waals surface area contributed by atoms with E-state index >= 15 is 0 Å². The van der Waals surface area contributed by atoms with Crippen LogP contribution in [0.15, 0.2) is 71.3 Å². The van der Waals surface area contributed by atoms with Crippen molar-refractivity contribution in [1.29, 1.82) is 0 Å². The molecular formula is C24H25N3O5. The molecule has 0 spiro atoms. The van der Waals surface area contributed by atoms with E-state index < -0.39 is 0 Å². The number of ether oxygens (including phenoxy) is 1. The monoisotopic (exact) mass is 435 g/mol. The van der Waals surface area contributed by atoms with Gasteiger partial charge in [-0.15, -0.1) is 0 Å². The summed E-state index contributed by atoms with van der Waals surface area (Å²) >= 11 is 0. The summed E-state index contributed by atoms with van der Waals surface area (Å²) in [6, 6.07) is 16.9. The van der Waals surface area contributed by atoms with Crippen LogP contribution in [0.5, 0.6) is 0 Å². The number of anilines is 2. The molecule has 0 bridgehead atoms. The van der Waals surface area contributed by atoms with Gasteiger partial charge in [0.1, 0.15) is 5.76 Å². The predicted molar refractivity (Wildman–Crippen MR) is 120 cm³/mol. The van der Waals surface area contributed by atoms with E-state index in [1.54, 1.807) is 66.9 Å². The molecule has 3 aromatic rings. The molecule has 1 aromatic heterocycles. The van der Waals surface area contributed by atoms with E-state index in [2.05, 4.69) is 16.0 Å². The third-order valence-corrected chi connectivity index (χ3v) is 4.45. The molecule has 0 aliphatic carbocycles. The van der Waals surface area contributed by atoms with E-state index in [1.165, 1.54) is 0 Å². The molecule has 32 heavy (non-hydrogen) atoms. The van der Waals surface area contributed by atoms with Crippen molar-refractivity contribution in [3.8, 4) is 0 Å². The molecule has 0 radical (unpaired) electrons. The number of esters is 1. The second-order valence-electron chi connectivity index (χ2n) is 6.95. The molecule has 0 unspecified atom stereocenters. The van der Waals surface area contributed by atoms with Gasteiger partial charge >= 0.3 is 5.97 Å². The fourth-order valence-corrected chi connectivity index (χ4v) is 2.78. The Hall–Kier alpha value is -4.07. The van der Waals surface area contributed by atoms with Crippen LogP contribution in [-0.2, 0) is 16.1 Å². The molecule has 0 fully saturated rings. The number of amides is 2. The van der Waals surface area contributed by atoms with Gasteiger partial charge in [0, 0.05) is 16.9 Å². The van der Waals surface area contributed by atoms with Crippen molar-refractivity contribution in [2.45, 2.75) is 19.9 Å². The maximum absolute atomic E-state index is 12.2. The Morgan fingerprint density at radius 2 is 1.59 bits per heavy atom. The summed E-state index contributed by atoms with van der Waals surface area (Å²) in [5.74, 6) is -0.176. The molecule has 166 valence electrons. The summed E-state index contributed by atoms with van der Waals surface area (Å²) in [6.45, 7) is 2.66. The van der Waals surface area contributed by atoms with Crippen molar-refractivity contribution in [1.82, 2.24) is 5.32 Å². The first kappa shape index (κ1) is 22.6. The average molecular weight is 435 g/mol. The van der Waals surface area contributed by atoms with E-state index in [0.717, 1.165) is 6.42 Å². The quantitative estimate of drug-likeness (QED) is 0.418. The minimum absolute atomic E-state index is 0.0466. The summed E-state index contributed by atoms with van der Waals surface area (Å²) in [5, 5.41) is 8.52. The third-order valence-electron chi connectivity index (χ3n) is 4.45. The molecule has 3 rings (SSSR count). The second-order valence-corrected chi connectivity index (χ2v) is 6.95. The normalized spacial score (nSPS) is 10.3. The molecule has 8 nitrogen and oxygen atoms in total. The number of carbonyl (C=O) groups is 3. The molecule has 3 N–H and O–H groups in total. The van der Waals surface area contributed by atoms with Crippen molar-refractivity contribution in [2.24, 2.45) is 0 Å². The second kappa shape index (κ2) is 11.4. The molecule has 0 aliphatic rings. The highest BCUT2D eigenvalue weighted by molar-refractivity contribution is 5.96. The van der Waals surface area contributed by atoms with E-state index in [4.69, 9.17) is 9.15 Å². The molecule has 0 saturated carbocycles. The molecule has 0 atom stereocenters. The van der Waals surface area contributed by atoms with Gasteiger partial charge in [-0.2, -0.15) is 0 Å². The van der Waals surface area contributed by atoms with Crippen molar-refractivity contribution in [2.75, 3.05) is 23.8 Å². The van der Waals surface area contributed by atoms with E-state index in [1.807, 2.05) is 6.92 Å². The lowest BCUT2D eigenvalue weighted by molar-refractivity contribution is -0.114. The van der Waals surface area contributed by atoms with Crippen LogP contribution in [0.3, 0.4) is 0 Å². The van der Waals surface area contributed by atoms with Crippen LogP contribution in [0.25, 0.3) is 0 Å². The third kappa shape index (κ3) is 6.73. The molecule has 0 saturated heterocycles. The smallest absolute Gasteiger partial charge is 0.338 e. The topological polar surface area (TPSA) is 110 Å². The van der Waals surface area contributed by atoms with Gasteiger partial charge < -0.3 is 25.1 Å². The van der Waals surface area contributed by atoms with Crippen LogP contribution < -0.4 is 16.0 Å². The van der Waals surface area contributed by atoms with Crippen molar-refractivity contribution in [3.05, 3.63) is 83.8 Å². The van der Waals surface area contributed by atoms with Crippen LogP contribution in [0.2, 0.25) is 0 Å². The Labute approximate surface area is 186 Å². The zero-order valence-electron chi connectivity index (χ0n) is 17.7. The average Bonchev–Trinajstić information content (AvgIpc) is 3.34. The number of carbonyl (C=O) groups excluding carboxylic acids is 3. The van der Waals surface area contributed by atoms with Gasteiger partial charge in [-0.3, -0.25) is 9.59 Å². The Morgan fingerprint density at radius 3 is 2.25 bits per heavy atom. The van der Waals surface area contributed by atoms with Crippen LogP contribution in [-0.4, -0.2) is 30.9 Å². The molecule has 0 aliphatic heterocycles. The summed E-state index contributed by atoms with van der Waals surface area (Å²) in [4.78, 5) is 36.2. The number of benzene rings is 2. The molecule has 2 aromatic carbocycles. The highest BCUT2D eigenvalue weighted by Gasteiger charge is 2.09. The lowest BCUT2D eigenvalue weighted by Gasteiger charge is -2.09. The van der Waals surface area contributed by atoms with Crippen LogP contribution in [0, 0.1) is 0 Å². The van der Waals surface area contributed by atoms with Gasteiger partial charge in [-0.1, -0.05) is 6.92 Å². The Kier molecular flexibility index (Phi) is 8.02. The van der Waals surface area contributed by atoms with E-state index in [9.17, 15) is 14.4 Å². The first-order valence-electron chi connectivity index (χ1n) is 10.3. The SMILES string of the molecule is CCCOC(=O)c1ccc(NCC(=O)Nc2ccc(C(=O)NCc3ccco3)cc2)cc1. The lowest BCUT2D eigenvalue weighted by atomic mass is 10.2. The van der Waals surface area contributed by atoms with Crippen LogP contribution in [0.1, 0.15) is 39.8 Å². The zero-order chi connectivity index (χ0) is 22.8. The highest BCUT2D eigenvalue weighted by atomic mass is 16.5. The summed E-state index contributed by atoms with van der Waals surface area (Å²) in [7, 11) is 0. The Bertz CT molecular complexity index is 1030. The number of rotatable bonds is 10. The van der Waals surface area contributed by atoms with Crippen LogP contribution in [0.4, 0.5) is 11.4 Å². The number of hydrogen-bond donors (Lipinski definition) is 3. The van der Waals surface area contributed by atoms with E-state index in [-0.39, 0.29) is 24.3 Å². The fourth-order valence-electron chi connectivity index (χ4n) is 2.78. The summed E-state index contributed by atoms with van der Waals surface area (Å²) < 4.78 is 10.3. The van der Waals surface area contributed by atoms with Crippen molar-refractivity contribution in [3.63, 3.8) is 0 Å². The number of hydrogen-bond acceptors (Lipinski definition) is 6. The van der Waals surface area contributed by atoms with Gasteiger partial charge in [0.25, 0.3) is 5.91 Å². The maximum atomic E-state index is 12.2. The van der Waals surface area contributed by atoms with Crippen molar-refractivity contribution >= 4 is 29.2 Å². The zero-order valence-corrected chi connectivity index (χ0v) is 17.7. The van der Waals surface area contributed by atoms with Gasteiger partial charge in [0.2, 0.25) is 5.91 Å². The standard InChI is InChI=1S/C24H25N3O5/c1-2-13-32-24(30)18-7-9-19(10-8-18)25-16-22(28)27-20-11-5-17(6-12-20)23(29)26-15-21-4-3-14-31-21/h3-12,14,25H,2,13,15-16H2,1H3,(H,26,29)(H,27,28). The molecule has 2 amide bonds. The summed E-state index contributed by atoms with van der Waals surface area (Å²) in [5.41, 5.74) is 2.22. The highest BCUT2D eigenvalue weighted by Crippen LogP contribution is 2.12. The minimum Gasteiger partial charge on any atom is -0.467 e. The van der Waals surface area contributed by atoms with Gasteiger partial charge in [-0.05, 0) is 67.1 Å². The molecule has 8 heteroatoms.